The van der Waals surface area contributed by atoms with Gasteiger partial charge in [0.25, 0.3) is 0 Å². The first-order chi connectivity index (χ1) is 4.72. The van der Waals surface area contributed by atoms with Gasteiger partial charge < -0.3 is 0 Å². The van der Waals surface area contributed by atoms with Crippen LogP contribution in [0.2, 0.25) is 0 Å². The van der Waals surface area contributed by atoms with Crippen LogP contribution < -0.4 is 0 Å². The molecule has 1 aromatic rings. The SMILES string of the molecule is O=C(c1cscn1)P(F)#P. The van der Waals surface area contributed by atoms with Crippen LogP contribution in [-0.2, 0) is 0 Å². The minimum atomic E-state index is -2.31. The zero-order valence-electron chi connectivity index (χ0n) is 4.69. The van der Waals surface area contributed by atoms with Crippen molar-refractivity contribution in [2.45, 2.75) is 0 Å². The van der Waals surface area contributed by atoms with E-state index in [0.717, 1.165) is 0 Å². The molecule has 0 aliphatic heterocycles. The van der Waals surface area contributed by atoms with Crippen molar-refractivity contribution in [3.8, 4) is 0 Å². The predicted octanol–water partition coefficient (Wildman–Crippen LogP) is 2.98. The third-order valence-corrected chi connectivity index (χ3v) is 2.51. The zero-order chi connectivity index (χ0) is 7.56. The molecule has 52 valence electrons. The molecule has 1 rings (SSSR count). The van der Waals surface area contributed by atoms with Gasteiger partial charge in [-0.3, -0.25) is 0 Å². The molecule has 0 aliphatic rings. The number of hydrogen-bond donors (Lipinski definition) is 0. The molecule has 6 heteroatoms. The Hall–Kier alpha value is -0.0400. The van der Waals surface area contributed by atoms with Crippen molar-refractivity contribution in [2.24, 2.45) is 0 Å². The number of nitrogens with zero attached hydrogens (tertiary/aromatic N) is 1. The summed E-state index contributed by atoms with van der Waals surface area (Å²) in [6, 6.07) is 0. The van der Waals surface area contributed by atoms with Crippen LogP contribution in [0, 0.1) is 0 Å². The Morgan fingerprint density at radius 3 is 3.00 bits per heavy atom. The summed E-state index contributed by atoms with van der Waals surface area (Å²) < 4.78 is 12.2. The molecule has 0 saturated heterocycles. The average molecular weight is 193 g/mol. The van der Waals surface area contributed by atoms with Gasteiger partial charge >= 0.3 is 63.1 Å². The molecule has 1 heterocycles. The first-order valence-corrected chi connectivity index (χ1v) is 5.62. The Balaban J connectivity index is 2.92. The summed E-state index contributed by atoms with van der Waals surface area (Å²) in [4.78, 5) is 14.4. The van der Waals surface area contributed by atoms with Gasteiger partial charge in [0.15, 0.2) is 0 Å². The monoisotopic (exact) mass is 193 g/mol. The van der Waals surface area contributed by atoms with Gasteiger partial charge in [-0.25, -0.2) is 0 Å². The molecule has 2 nitrogen and oxygen atoms in total. The van der Waals surface area contributed by atoms with Crippen LogP contribution in [0.15, 0.2) is 10.9 Å². The van der Waals surface area contributed by atoms with Crippen LogP contribution in [0.4, 0.5) is 4.20 Å². The number of aromatic nitrogens is 1. The molecule has 0 spiro atoms. The molecule has 1 aromatic heterocycles. The Morgan fingerprint density at radius 1 is 1.90 bits per heavy atom. The van der Waals surface area contributed by atoms with E-state index >= 15 is 0 Å². The van der Waals surface area contributed by atoms with Gasteiger partial charge in [0.05, 0.1) is 0 Å². The second-order valence-corrected chi connectivity index (χ2v) is 4.14. The van der Waals surface area contributed by atoms with Crippen molar-refractivity contribution >= 4 is 32.5 Å². The zero-order valence-corrected chi connectivity index (χ0v) is 7.30. The molecule has 0 amide bonds. The van der Waals surface area contributed by atoms with Gasteiger partial charge in [-0.2, -0.15) is 0 Å². The van der Waals surface area contributed by atoms with E-state index in [2.05, 4.69) is 13.3 Å². The van der Waals surface area contributed by atoms with Crippen molar-refractivity contribution in [3.05, 3.63) is 16.6 Å². The molecule has 0 aliphatic carbocycles. The van der Waals surface area contributed by atoms with E-state index in [1.807, 2.05) is 0 Å². The van der Waals surface area contributed by atoms with Crippen LogP contribution in [0.25, 0.3) is 0 Å². The van der Waals surface area contributed by atoms with E-state index < -0.39 is 12.9 Å². The van der Waals surface area contributed by atoms with Crippen molar-refractivity contribution in [1.29, 1.82) is 0 Å². The maximum atomic E-state index is 12.2. The second-order valence-electron chi connectivity index (χ2n) is 1.44. The van der Waals surface area contributed by atoms with E-state index in [-0.39, 0.29) is 5.69 Å². The standard InChI is InChI=1S/C4H2FNOP2S/c5-9(8)4(7)3-1-10-2-6-3/h1-2H. The molecular weight excluding hydrogens is 191 g/mol. The fraction of sp³-hybridized carbons (Fsp3) is 0. The Bertz CT molecular complexity index is 301. The molecule has 0 aromatic carbocycles. The van der Waals surface area contributed by atoms with Crippen LogP contribution in [0.1, 0.15) is 10.5 Å². The average Bonchev–Trinajstić information content (AvgIpc) is 2.36. The van der Waals surface area contributed by atoms with Crippen molar-refractivity contribution in [3.63, 3.8) is 0 Å². The number of halogens is 1. The molecule has 0 fully saturated rings. The first-order valence-electron chi connectivity index (χ1n) is 2.29. The van der Waals surface area contributed by atoms with Gasteiger partial charge in [0, 0.05) is 0 Å². The van der Waals surface area contributed by atoms with Crippen molar-refractivity contribution in [2.75, 3.05) is 0 Å². The number of carbonyl (C=O) groups excluding carboxylic acids is 1. The molecule has 0 saturated carbocycles. The number of carbonyl (C=O) groups is 1. The van der Waals surface area contributed by atoms with Gasteiger partial charge in [-0.1, -0.05) is 0 Å². The summed E-state index contributed by atoms with van der Waals surface area (Å²) >= 11 is 1.26. The summed E-state index contributed by atoms with van der Waals surface area (Å²) in [5.41, 5.74) is 1.05. The van der Waals surface area contributed by atoms with Gasteiger partial charge in [-0.15, -0.1) is 0 Å². The molecule has 1 unspecified atom stereocenters. The maximum absolute atomic E-state index is 12.2. The fourth-order valence-corrected chi connectivity index (χ4v) is 1.65. The minimum absolute atomic E-state index is 0.175. The third kappa shape index (κ3) is 1.72. The van der Waals surface area contributed by atoms with E-state index in [0.29, 0.717) is 0 Å². The van der Waals surface area contributed by atoms with Gasteiger partial charge in [0.2, 0.25) is 0 Å². The fourth-order valence-electron chi connectivity index (χ4n) is 0.413. The second kappa shape index (κ2) is 3.38. The molecule has 0 N–H and O–H groups in total. The van der Waals surface area contributed by atoms with E-state index in [1.54, 1.807) is 0 Å². The Morgan fingerprint density at radius 2 is 2.60 bits per heavy atom. The first kappa shape index (κ1) is 8.06. The number of rotatable bonds is 1. The molecule has 10 heavy (non-hydrogen) atoms. The molecule has 0 radical (unpaired) electrons. The summed E-state index contributed by atoms with van der Waals surface area (Å²) in [6.07, 6.45) is 0. The van der Waals surface area contributed by atoms with Crippen LogP contribution >= 0.6 is 27.0 Å². The third-order valence-electron chi connectivity index (χ3n) is 0.819. The quantitative estimate of drug-likeness (QED) is 0.641. The summed E-state index contributed by atoms with van der Waals surface area (Å²) in [7, 11) is 1.08. The summed E-state index contributed by atoms with van der Waals surface area (Å²) in [5.74, 6) is 0. The van der Waals surface area contributed by atoms with Crippen LogP contribution in [0.5, 0.6) is 0 Å². The Labute approximate surface area is 63.7 Å². The van der Waals surface area contributed by atoms with Gasteiger partial charge in [0.1, 0.15) is 0 Å². The predicted molar refractivity (Wildman–Crippen MR) is 41.4 cm³/mol. The number of thiazole rings is 1. The molecular formula is C4H2FNOP2S. The number of hydrogen-bond acceptors (Lipinski definition) is 3. The van der Waals surface area contributed by atoms with E-state index in [1.165, 1.54) is 22.2 Å². The topological polar surface area (TPSA) is 30.0 Å². The van der Waals surface area contributed by atoms with E-state index in [9.17, 15) is 8.99 Å². The van der Waals surface area contributed by atoms with Crippen LogP contribution in [0.3, 0.4) is 0 Å². The molecule has 1 atom stereocenters. The summed E-state index contributed by atoms with van der Waals surface area (Å²) in [6.45, 7) is 0. The Kier molecular flexibility index (Phi) is 2.72. The summed E-state index contributed by atoms with van der Waals surface area (Å²) in [5, 5.41) is 1.51. The van der Waals surface area contributed by atoms with Crippen molar-refractivity contribution in [1.82, 2.24) is 4.98 Å². The van der Waals surface area contributed by atoms with Crippen molar-refractivity contribution < 1.29 is 8.99 Å². The molecule has 0 bridgehead atoms. The van der Waals surface area contributed by atoms with Crippen LogP contribution in [-0.4, -0.2) is 10.5 Å². The van der Waals surface area contributed by atoms with E-state index in [4.69, 9.17) is 0 Å². The van der Waals surface area contributed by atoms with Gasteiger partial charge in [-0.05, 0) is 0 Å². The normalized spacial score (nSPS) is 11.0.